The van der Waals surface area contributed by atoms with Crippen LogP contribution < -0.4 is 0 Å². The summed E-state index contributed by atoms with van der Waals surface area (Å²) in [7, 11) is 0. The molecule has 6 heteroatoms. The number of likely N-dealkylation sites (tertiary alicyclic amines) is 1. The van der Waals surface area contributed by atoms with E-state index in [1.807, 2.05) is 13.8 Å². The molecule has 0 bridgehead atoms. The molecule has 0 spiro atoms. The van der Waals surface area contributed by atoms with Gasteiger partial charge in [-0.3, -0.25) is 4.79 Å². The fourth-order valence-electron chi connectivity index (χ4n) is 1.88. The Balaban J connectivity index is 2.26. The van der Waals surface area contributed by atoms with Crippen LogP contribution in [0.2, 0.25) is 5.02 Å². The first kappa shape index (κ1) is 13.2. The van der Waals surface area contributed by atoms with E-state index in [2.05, 4.69) is 9.97 Å². The maximum Gasteiger partial charge on any atom is 0.274 e. The number of aliphatic hydroxyl groups excluding tert-OH is 1. The number of amides is 1. The van der Waals surface area contributed by atoms with Crippen molar-refractivity contribution < 1.29 is 9.90 Å². The highest BCUT2D eigenvalue weighted by Gasteiger charge is 2.28. The Morgan fingerprint density at radius 1 is 1.61 bits per heavy atom. The van der Waals surface area contributed by atoms with Gasteiger partial charge in [0.15, 0.2) is 5.69 Å². The van der Waals surface area contributed by atoms with Gasteiger partial charge in [-0.05, 0) is 6.42 Å². The summed E-state index contributed by atoms with van der Waals surface area (Å²) in [6, 6.07) is 0. The molecular weight excluding hydrogens is 254 g/mol. The topological polar surface area (TPSA) is 66.3 Å². The first-order valence-electron chi connectivity index (χ1n) is 5.98. The van der Waals surface area contributed by atoms with Gasteiger partial charge in [-0.15, -0.1) is 0 Å². The Bertz CT molecular complexity index is 465. The van der Waals surface area contributed by atoms with Crippen LogP contribution in [0, 0.1) is 0 Å². The first-order chi connectivity index (χ1) is 8.49. The number of carbonyl (C=O) groups is 1. The Hall–Kier alpha value is -1.20. The van der Waals surface area contributed by atoms with Crippen molar-refractivity contribution in [3.63, 3.8) is 0 Å². The normalized spacial score (nSPS) is 19.6. The van der Waals surface area contributed by atoms with Gasteiger partial charge in [0.25, 0.3) is 5.91 Å². The smallest absolute Gasteiger partial charge is 0.274 e. The molecule has 98 valence electrons. The predicted molar refractivity (Wildman–Crippen MR) is 67.7 cm³/mol. The van der Waals surface area contributed by atoms with Crippen molar-refractivity contribution >= 4 is 17.5 Å². The van der Waals surface area contributed by atoms with Gasteiger partial charge in [0.05, 0.1) is 17.3 Å². The summed E-state index contributed by atoms with van der Waals surface area (Å²) < 4.78 is 0. The highest BCUT2D eigenvalue weighted by molar-refractivity contribution is 6.33. The molecule has 0 unspecified atom stereocenters. The number of hydrogen-bond donors (Lipinski definition) is 1. The molecule has 1 aliphatic rings. The van der Waals surface area contributed by atoms with Crippen LogP contribution in [0.25, 0.3) is 0 Å². The Kier molecular flexibility index (Phi) is 3.82. The highest BCUT2D eigenvalue weighted by atomic mass is 35.5. The predicted octanol–water partition coefficient (Wildman–Crippen LogP) is 1.46. The second-order valence-corrected chi connectivity index (χ2v) is 5.18. The molecule has 1 amide bonds. The average Bonchev–Trinajstić information content (AvgIpc) is 2.75. The van der Waals surface area contributed by atoms with Crippen molar-refractivity contribution in [1.82, 2.24) is 14.9 Å². The molecule has 0 aromatic carbocycles. The van der Waals surface area contributed by atoms with E-state index < -0.39 is 6.10 Å². The minimum atomic E-state index is -0.445. The van der Waals surface area contributed by atoms with Crippen LogP contribution in [0.15, 0.2) is 6.20 Å². The van der Waals surface area contributed by atoms with Crippen molar-refractivity contribution in [3.8, 4) is 0 Å². The van der Waals surface area contributed by atoms with E-state index in [1.54, 1.807) is 4.90 Å². The lowest BCUT2D eigenvalue weighted by molar-refractivity contribution is 0.0759. The molecule has 2 heterocycles. The van der Waals surface area contributed by atoms with Crippen LogP contribution in [0.3, 0.4) is 0 Å². The zero-order valence-electron chi connectivity index (χ0n) is 10.4. The molecule has 2 rings (SSSR count). The molecule has 1 N–H and O–H groups in total. The molecule has 18 heavy (non-hydrogen) atoms. The lowest BCUT2D eigenvalue weighted by Gasteiger charge is -2.16. The highest BCUT2D eigenvalue weighted by Crippen LogP contribution is 2.20. The third kappa shape index (κ3) is 2.62. The standard InChI is InChI=1S/C12H16ClN3O2/c1-7(2)11-14-5-9(13)10(15-11)12(18)16-4-3-8(17)6-16/h5,7-8,17H,3-4,6H2,1-2H3/t8-/m1/s1. The third-order valence-corrected chi connectivity index (χ3v) is 3.21. The summed E-state index contributed by atoms with van der Waals surface area (Å²) in [5.41, 5.74) is 0.226. The van der Waals surface area contributed by atoms with Crippen LogP contribution in [0.4, 0.5) is 0 Å². The largest absolute Gasteiger partial charge is 0.391 e. The summed E-state index contributed by atoms with van der Waals surface area (Å²) in [4.78, 5) is 22.1. The third-order valence-electron chi connectivity index (χ3n) is 2.93. The van der Waals surface area contributed by atoms with Crippen LogP contribution in [0.1, 0.15) is 42.5 Å². The maximum absolute atomic E-state index is 12.2. The molecule has 0 aliphatic carbocycles. The van der Waals surface area contributed by atoms with E-state index in [9.17, 15) is 9.90 Å². The summed E-state index contributed by atoms with van der Waals surface area (Å²) >= 11 is 5.98. The molecule has 1 aromatic heterocycles. The lowest BCUT2D eigenvalue weighted by atomic mass is 10.2. The van der Waals surface area contributed by atoms with Crippen LogP contribution in [-0.4, -0.2) is 45.1 Å². The van der Waals surface area contributed by atoms with Crippen LogP contribution >= 0.6 is 11.6 Å². The number of β-amino-alcohol motifs (C(OH)–C–C–N with tert-alkyl or cyclic N) is 1. The molecule has 1 atom stereocenters. The van der Waals surface area contributed by atoms with E-state index in [-0.39, 0.29) is 22.5 Å². The molecule has 1 fully saturated rings. The minimum absolute atomic E-state index is 0.137. The number of hydrogen-bond acceptors (Lipinski definition) is 4. The summed E-state index contributed by atoms with van der Waals surface area (Å²) in [6.07, 6.45) is 1.62. The van der Waals surface area contributed by atoms with E-state index >= 15 is 0 Å². The van der Waals surface area contributed by atoms with E-state index in [1.165, 1.54) is 6.20 Å². The zero-order chi connectivity index (χ0) is 13.3. The molecule has 0 radical (unpaired) electrons. The van der Waals surface area contributed by atoms with Gasteiger partial charge >= 0.3 is 0 Å². The van der Waals surface area contributed by atoms with Gasteiger partial charge in [0, 0.05) is 19.0 Å². The van der Waals surface area contributed by atoms with Crippen molar-refractivity contribution in [2.45, 2.75) is 32.3 Å². The lowest BCUT2D eigenvalue weighted by Crippen LogP contribution is -2.30. The number of carbonyl (C=O) groups excluding carboxylic acids is 1. The molecular formula is C12H16ClN3O2. The summed E-state index contributed by atoms with van der Waals surface area (Å²) in [6.45, 7) is 4.79. The Morgan fingerprint density at radius 3 is 2.89 bits per heavy atom. The summed E-state index contributed by atoms with van der Waals surface area (Å²) in [5, 5.41) is 9.70. The van der Waals surface area contributed by atoms with Gasteiger partial charge in [-0.2, -0.15) is 0 Å². The van der Waals surface area contributed by atoms with E-state index in [4.69, 9.17) is 11.6 Å². The van der Waals surface area contributed by atoms with Gasteiger partial charge in [-0.1, -0.05) is 25.4 Å². The first-order valence-corrected chi connectivity index (χ1v) is 6.36. The maximum atomic E-state index is 12.2. The SMILES string of the molecule is CC(C)c1ncc(Cl)c(C(=O)N2CC[C@@H](O)C2)n1. The molecule has 5 nitrogen and oxygen atoms in total. The number of halogens is 1. The van der Waals surface area contributed by atoms with Crippen LogP contribution in [-0.2, 0) is 0 Å². The van der Waals surface area contributed by atoms with E-state index in [0.29, 0.717) is 25.3 Å². The number of aliphatic hydroxyl groups is 1. The van der Waals surface area contributed by atoms with E-state index in [0.717, 1.165) is 0 Å². The van der Waals surface area contributed by atoms with Crippen molar-refractivity contribution in [2.24, 2.45) is 0 Å². The summed E-state index contributed by atoms with van der Waals surface area (Å²) in [5.74, 6) is 0.501. The van der Waals surface area contributed by atoms with Gasteiger partial charge < -0.3 is 10.0 Å². The van der Waals surface area contributed by atoms with Crippen molar-refractivity contribution in [3.05, 3.63) is 22.7 Å². The van der Waals surface area contributed by atoms with Gasteiger partial charge in [0.1, 0.15) is 5.82 Å². The van der Waals surface area contributed by atoms with Crippen molar-refractivity contribution in [1.29, 1.82) is 0 Å². The second-order valence-electron chi connectivity index (χ2n) is 4.77. The molecule has 1 saturated heterocycles. The molecule has 1 aliphatic heterocycles. The van der Waals surface area contributed by atoms with Gasteiger partial charge in [0.2, 0.25) is 0 Å². The fourth-order valence-corrected chi connectivity index (χ4v) is 2.06. The monoisotopic (exact) mass is 269 g/mol. The Morgan fingerprint density at radius 2 is 2.33 bits per heavy atom. The molecule has 0 saturated carbocycles. The zero-order valence-corrected chi connectivity index (χ0v) is 11.2. The average molecular weight is 270 g/mol. The number of aromatic nitrogens is 2. The second kappa shape index (κ2) is 5.20. The Labute approximate surface area is 111 Å². The fraction of sp³-hybridized carbons (Fsp3) is 0.583. The van der Waals surface area contributed by atoms with Gasteiger partial charge in [-0.25, -0.2) is 9.97 Å². The number of rotatable bonds is 2. The molecule has 1 aromatic rings. The minimum Gasteiger partial charge on any atom is -0.391 e. The van der Waals surface area contributed by atoms with Crippen molar-refractivity contribution in [2.75, 3.05) is 13.1 Å². The number of nitrogens with zero attached hydrogens (tertiary/aromatic N) is 3. The van der Waals surface area contributed by atoms with Crippen LogP contribution in [0.5, 0.6) is 0 Å². The quantitative estimate of drug-likeness (QED) is 0.883.